The average Bonchev–Trinajstić information content (AvgIpc) is 3.31. The Morgan fingerprint density at radius 1 is 0.889 bits per heavy atom. The number of aromatic nitrogens is 5. The molecule has 0 aliphatic carbocycles. The summed E-state index contributed by atoms with van der Waals surface area (Å²) in [7, 11) is 1.96. The first-order valence-corrected chi connectivity index (χ1v) is 9.51. The molecule has 0 radical (unpaired) electrons. The Hall–Kier alpha value is -2.93. The van der Waals surface area contributed by atoms with Gasteiger partial charge in [0.05, 0.1) is 5.25 Å². The van der Waals surface area contributed by atoms with E-state index in [4.69, 9.17) is 4.42 Å². The molecule has 6 nitrogen and oxygen atoms in total. The lowest BCUT2D eigenvalue weighted by atomic mass is 10.1. The highest BCUT2D eigenvalue weighted by Crippen LogP contribution is 2.35. The molecule has 4 rings (SSSR count). The van der Waals surface area contributed by atoms with Crippen molar-refractivity contribution in [2.24, 2.45) is 7.05 Å². The fourth-order valence-electron chi connectivity index (χ4n) is 2.68. The van der Waals surface area contributed by atoms with E-state index in [2.05, 4.69) is 20.4 Å². The summed E-state index contributed by atoms with van der Waals surface area (Å²) in [6.07, 6.45) is 0. The number of rotatable bonds is 5. The Morgan fingerprint density at radius 3 is 2.37 bits per heavy atom. The Kier molecular flexibility index (Phi) is 4.77. The third kappa shape index (κ3) is 3.64. The molecule has 0 amide bonds. The molecule has 1 atom stereocenters. The molecule has 2 aromatic carbocycles. The second kappa shape index (κ2) is 7.36. The van der Waals surface area contributed by atoms with Gasteiger partial charge in [0, 0.05) is 18.2 Å². The fourth-order valence-corrected chi connectivity index (χ4v) is 3.52. The predicted octanol–water partition coefficient (Wildman–Crippen LogP) is 4.69. The minimum Gasteiger partial charge on any atom is -0.419 e. The van der Waals surface area contributed by atoms with Crippen LogP contribution in [0.15, 0.2) is 64.2 Å². The van der Waals surface area contributed by atoms with Crippen LogP contribution in [-0.4, -0.2) is 25.0 Å². The SMILES string of the molecule is Cc1ccc(-c2nnc(C(C)Sc3nnc(-c4ccccc4)n3C)o2)cc1. The van der Waals surface area contributed by atoms with Crippen LogP contribution in [0, 0.1) is 6.92 Å². The summed E-state index contributed by atoms with van der Waals surface area (Å²) >= 11 is 1.54. The van der Waals surface area contributed by atoms with Gasteiger partial charge in [0.15, 0.2) is 11.0 Å². The van der Waals surface area contributed by atoms with Crippen LogP contribution in [-0.2, 0) is 7.05 Å². The van der Waals surface area contributed by atoms with E-state index in [0.717, 1.165) is 22.1 Å². The van der Waals surface area contributed by atoms with Gasteiger partial charge in [0.1, 0.15) is 0 Å². The number of thioether (sulfide) groups is 1. The molecular weight excluding hydrogens is 358 g/mol. The highest BCUT2D eigenvalue weighted by atomic mass is 32.2. The van der Waals surface area contributed by atoms with Gasteiger partial charge in [-0.3, -0.25) is 0 Å². The monoisotopic (exact) mass is 377 g/mol. The molecule has 0 saturated carbocycles. The van der Waals surface area contributed by atoms with Crippen molar-refractivity contribution in [2.45, 2.75) is 24.3 Å². The van der Waals surface area contributed by atoms with Gasteiger partial charge >= 0.3 is 0 Å². The van der Waals surface area contributed by atoms with Crippen molar-refractivity contribution < 1.29 is 4.42 Å². The molecule has 0 saturated heterocycles. The van der Waals surface area contributed by atoms with Crippen molar-refractivity contribution in [3.63, 3.8) is 0 Å². The molecule has 0 bridgehead atoms. The first kappa shape index (κ1) is 17.5. The number of aryl methyl sites for hydroxylation is 1. The first-order valence-electron chi connectivity index (χ1n) is 8.64. The van der Waals surface area contributed by atoms with Crippen molar-refractivity contribution in [2.75, 3.05) is 0 Å². The largest absolute Gasteiger partial charge is 0.419 e. The lowest BCUT2D eigenvalue weighted by Crippen LogP contribution is -1.97. The molecule has 2 aromatic heterocycles. The molecule has 0 spiro atoms. The lowest BCUT2D eigenvalue weighted by molar-refractivity contribution is 0.508. The smallest absolute Gasteiger partial charge is 0.247 e. The van der Waals surface area contributed by atoms with E-state index < -0.39 is 0 Å². The zero-order chi connectivity index (χ0) is 18.8. The second-order valence-corrected chi connectivity index (χ2v) is 7.61. The Morgan fingerprint density at radius 2 is 1.63 bits per heavy atom. The zero-order valence-corrected chi connectivity index (χ0v) is 16.1. The molecule has 7 heteroatoms. The van der Waals surface area contributed by atoms with Crippen LogP contribution in [0.2, 0.25) is 0 Å². The molecule has 4 aromatic rings. The molecule has 27 heavy (non-hydrogen) atoms. The van der Waals surface area contributed by atoms with Gasteiger partial charge in [0.25, 0.3) is 0 Å². The number of nitrogens with zero attached hydrogens (tertiary/aromatic N) is 5. The highest BCUT2D eigenvalue weighted by Gasteiger charge is 2.20. The van der Waals surface area contributed by atoms with Gasteiger partial charge in [0.2, 0.25) is 11.8 Å². The maximum absolute atomic E-state index is 5.87. The first-order chi connectivity index (χ1) is 13.1. The Balaban J connectivity index is 1.52. The summed E-state index contributed by atoms with van der Waals surface area (Å²) in [4.78, 5) is 0. The highest BCUT2D eigenvalue weighted by molar-refractivity contribution is 7.99. The minimum atomic E-state index is -0.0387. The van der Waals surface area contributed by atoms with Gasteiger partial charge < -0.3 is 8.98 Å². The molecule has 0 fully saturated rings. The summed E-state index contributed by atoms with van der Waals surface area (Å²) < 4.78 is 7.85. The molecule has 0 N–H and O–H groups in total. The zero-order valence-electron chi connectivity index (χ0n) is 15.3. The average molecular weight is 377 g/mol. The molecule has 2 heterocycles. The molecule has 0 aliphatic rings. The van der Waals surface area contributed by atoms with Gasteiger partial charge in [-0.25, -0.2) is 0 Å². The van der Waals surface area contributed by atoms with Gasteiger partial charge in [-0.2, -0.15) is 0 Å². The van der Waals surface area contributed by atoms with Crippen LogP contribution in [0.3, 0.4) is 0 Å². The lowest BCUT2D eigenvalue weighted by Gasteiger charge is -2.07. The topological polar surface area (TPSA) is 69.6 Å². The van der Waals surface area contributed by atoms with Crippen molar-refractivity contribution in [3.8, 4) is 22.8 Å². The van der Waals surface area contributed by atoms with E-state index in [1.165, 1.54) is 5.56 Å². The van der Waals surface area contributed by atoms with Crippen LogP contribution in [0.25, 0.3) is 22.8 Å². The Labute approximate surface area is 161 Å². The third-order valence-corrected chi connectivity index (χ3v) is 5.36. The van der Waals surface area contributed by atoms with Crippen LogP contribution < -0.4 is 0 Å². The van der Waals surface area contributed by atoms with Crippen molar-refractivity contribution in [3.05, 3.63) is 66.1 Å². The van der Waals surface area contributed by atoms with E-state index in [0.29, 0.717) is 11.8 Å². The number of benzene rings is 2. The summed E-state index contributed by atoms with van der Waals surface area (Å²) in [6.45, 7) is 4.07. The van der Waals surface area contributed by atoms with Crippen molar-refractivity contribution in [1.82, 2.24) is 25.0 Å². The summed E-state index contributed by atoms with van der Waals surface area (Å²) in [5, 5.41) is 17.8. The number of hydrogen-bond donors (Lipinski definition) is 0. The van der Waals surface area contributed by atoms with E-state index in [-0.39, 0.29) is 5.25 Å². The maximum Gasteiger partial charge on any atom is 0.247 e. The molecule has 0 aliphatic heterocycles. The van der Waals surface area contributed by atoms with Gasteiger partial charge in [-0.1, -0.05) is 59.8 Å². The minimum absolute atomic E-state index is 0.0387. The molecular formula is C20H19N5OS. The van der Waals surface area contributed by atoms with Crippen LogP contribution in [0.5, 0.6) is 0 Å². The van der Waals surface area contributed by atoms with E-state index in [1.807, 2.05) is 80.1 Å². The van der Waals surface area contributed by atoms with Crippen LogP contribution in [0.1, 0.15) is 23.6 Å². The summed E-state index contributed by atoms with van der Waals surface area (Å²) in [5.74, 6) is 1.93. The van der Waals surface area contributed by atoms with E-state index in [1.54, 1.807) is 11.8 Å². The standard InChI is InChI=1S/C20H19N5OS/c1-13-9-11-16(12-10-13)19-23-22-18(26-19)14(2)27-20-24-21-17(25(20)3)15-7-5-4-6-8-15/h4-12,14H,1-3H3. The van der Waals surface area contributed by atoms with Crippen LogP contribution in [0.4, 0.5) is 0 Å². The molecule has 136 valence electrons. The quantitative estimate of drug-likeness (QED) is 0.470. The predicted molar refractivity (Wildman–Crippen MR) is 105 cm³/mol. The Bertz CT molecular complexity index is 1040. The van der Waals surface area contributed by atoms with Gasteiger partial charge in [-0.05, 0) is 26.0 Å². The summed E-state index contributed by atoms with van der Waals surface area (Å²) in [6, 6.07) is 18.0. The normalized spacial score (nSPS) is 12.3. The van der Waals surface area contributed by atoms with Gasteiger partial charge in [-0.15, -0.1) is 20.4 Å². The second-order valence-electron chi connectivity index (χ2n) is 6.30. The summed E-state index contributed by atoms with van der Waals surface area (Å²) in [5.41, 5.74) is 3.15. The number of hydrogen-bond acceptors (Lipinski definition) is 6. The van der Waals surface area contributed by atoms with E-state index in [9.17, 15) is 0 Å². The van der Waals surface area contributed by atoms with E-state index >= 15 is 0 Å². The fraction of sp³-hybridized carbons (Fsp3) is 0.200. The van der Waals surface area contributed by atoms with Crippen molar-refractivity contribution >= 4 is 11.8 Å². The van der Waals surface area contributed by atoms with Crippen LogP contribution >= 0.6 is 11.8 Å². The maximum atomic E-state index is 5.87. The third-order valence-electron chi connectivity index (χ3n) is 4.24. The van der Waals surface area contributed by atoms with Crippen molar-refractivity contribution in [1.29, 1.82) is 0 Å². The molecule has 1 unspecified atom stereocenters.